The van der Waals surface area contributed by atoms with Crippen molar-refractivity contribution >= 4 is 0 Å². The molecule has 1 aliphatic heterocycles. The van der Waals surface area contributed by atoms with Crippen LogP contribution in [0.2, 0.25) is 0 Å². The molecule has 0 radical (unpaired) electrons. The first-order chi connectivity index (χ1) is 6.96. The zero-order valence-electron chi connectivity index (χ0n) is 10.1. The molecule has 1 rings (SSSR count). The van der Waals surface area contributed by atoms with Crippen LogP contribution in [0, 0.1) is 0 Å². The molecule has 90 valence electrons. The van der Waals surface area contributed by atoms with Crippen LogP contribution in [0.1, 0.15) is 27.2 Å². The summed E-state index contributed by atoms with van der Waals surface area (Å²) in [5.41, 5.74) is 5.49. The maximum Gasteiger partial charge on any atom is 0.0619 e. The highest BCUT2D eigenvalue weighted by Crippen LogP contribution is 2.17. The largest absolute Gasteiger partial charge is 0.394 e. The fraction of sp³-hybridized carbons (Fsp3) is 1.00. The minimum absolute atomic E-state index is 0.0378. The van der Waals surface area contributed by atoms with E-state index in [2.05, 4.69) is 18.7 Å². The van der Waals surface area contributed by atoms with Crippen molar-refractivity contribution in [3.05, 3.63) is 0 Å². The molecule has 0 aromatic rings. The zero-order chi connectivity index (χ0) is 11.5. The molecule has 0 aliphatic carbocycles. The van der Waals surface area contributed by atoms with Gasteiger partial charge in [-0.1, -0.05) is 0 Å². The highest BCUT2D eigenvalue weighted by atomic mass is 16.5. The van der Waals surface area contributed by atoms with E-state index in [1.165, 1.54) is 0 Å². The van der Waals surface area contributed by atoms with Crippen molar-refractivity contribution in [2.24, 2.45) is 5.73 Å². The number of hydrogen-bond donors (Lipinski definition) is 2. The summed E-state index contributed by atoms with van der Waals surface area (Å²) >= 11 is 0. The molecule has 1 saturated heterocycles. The number of nitrogens with two attached hydrogens (primary N) is 1. The van der Waals surface area contributed by atoms with Gasteiger partial charge in [-0.05, 0) is 27.2 Å². The Morgan fingerprint density at radius 2 is 2.33 bits per heavy atom. The third-order valence-electron chi connectivity index (χ3n) is 3.11. The van der Waals surface area contributed by atoms with Crippen LogP contribution in [0.15, 0.2) is 0 Å². The molecule has 0 saturated carbocycles. The van der Waals surface area contributed by atoms with Gasteiger partial charge in [0.1, 0.15) is 0 Å². The van der Waals surface area contributed by atoms with Crippen LogP contribution >= 0.6 is 0 Å². The van der Waals surface area contributed by atoms with Gasteiger partial charge in [-0.2, -0.15) is 0 Å². The van der Waals surface area contributed by atoms with E-state index in [-0.39, 0.29) is 6.61 Å². The molecule has 1 heterocycles. The van der Waals surface area contributed by atoms with Crippen LogP contribution in [-0.4, -0.2) is 54.0 Å². The van der Waals surface area contributed by atoms with Gasteiger partial charge in [-0.25, -0.2) is 0 Å². The average molecular weight is 216 g/mol. The lowest BCUT2D eigenvalue weighted by Gasteiger charge is -2.40. The summed E-state index contributed by atoms with van der Waals surface area (Å²) in [6.07, 6.45) is 0.813. The zero-order valence-corrected chi connectivity index (χ0v) is 10.1. The number of aliphatic hydroxyl groups is 1. The molecule has 4 nitrogen and oxygen atoms in total. The Kier molecular flexibility index (Phi) is 4.52. The standard InChI is InChI=1S/C11H24N2O2/c1-9(6-11(3,12)8-14)13-4-5-15-7-10(13)2/h9-10,14H,4-8,12H2,1-3H3. The fourth-order valence-corrected chi connectivity index (χ4v) is 2.25. The van der Waals surface area contributed by atoms with Crippen LogP contribution in [0.4, 0.5) is 0 Å². The van der Waals surface area contributed by atoms with Gasteiger partial charge < -0.3 is 15.6 Å². The van der Waals surface area contributed by atoms with Crippen molar-refractivity contribution in [1.29, 1.82) is 0 Å². The summed E-state index contributed by atoms with van der Waals surface area (Å²) in [5.74, 6) is 0. The summed E-state index contributed by atoms with van der Waals surface area (Å²) in [4.78, 5) is 2.41. The van der Waals surface area contributed by atoms with Crippen molar-refractivity contribution in [2.45, 2.75) is 44.8 Å². The molecular weight excluding hydrogens is 192 g/mol. The van der Waals surface area contributed by atoms with Gasteiger partial charge in [0.05, 0.1) is 19.8 Å². The third kappa shape index (κ3) is 3.72. The van der Waals surface area contributed by atoms with E-state index >= 15 is 0 Å². The molecule has 0 amide bonds. The predicted molar refractivity (Wildman–Crippen MR) is 60.7 cm³/mol. The first kappa shape index (κ1) is 12.9. The van der Waals surface area contributed by atoms with E-state index in [1.807, 2.05) is 6.92 Å². The van der Waals surface area contributed by atoms with Gasteiger partial charge in [0.15, 0.2) is 0 Å². The Morgan fingerprint density at radius 1 is 1.67 bits per heavy atom. The van der Waals surface area contributed by atoms with E-state index < -0.39 is 5.54 Å². The molecule has 0 aromatic carbocycles. The number of ether oxygens (including phenoxy) is 1. The minimum Gasteiger partial charge on any atom is -0.394 e. The first-order valence-electron chi connectivity index (χ1n) is 5.69. The highest BCUT2D eigenvalue weighted by molar-refractivity contribution is 4.86. The molecule has 1 fully saturated rings. The van der Waals surface area contributed by atoms with Crippen LogP contribution in [0.25, 0.3) is 0 Å². The minimum atomic E-state index is -0.475. The molecule has 0 spiro atoms. The number of nitrogens with zero attached hydrogens (tertiary/aromatic N) is 1. The Morgan fingerprint density at radius 3 is 2.87 bits per heavy atom. The van der Waals surface area contributed by atoms with Crippen molar-refractivity contribution in [3.8, 4) is 0 Å². The van der Waals surface area contributed by atoms with E-state index in [0.29, 0.717) is 12.1 Å². The molecule has 3 unspecified atom stereocenters. The monoisotopic (exact) mass is 216 g/mol. The van der Waals surface area contributed by atoms with Gasteiger partial charge >= 0.3 is 0 Å². The molecule has 4 heteroatoms. The SMILES string of the molecule is CC1COCCN1C(C)CC(C)(N)CO. The molecule has 1 aliphatic rings. The fourth-order valence-electron chi connectivity index (χ4n) is 2.25. The van der Waals surface area contributed by atoms with Crippen LogP contribution in [0.5, 0.6) is 0 Å². The van der Waals surface area contributed by atoms with Crippen LogP contribution < -0.4 is 5.73 Å². The second-order valence-corrected chi connectivity index (χ2v) is 5.03. The molecule has 0 bridgehead atoms. The Hall–Kier alpha value is -0.160. The van der Waals surface area contributed by atoms with Crippen LogP contribution in [0.3, 0.4) is 0 Å². The van der Waals surface area contributed by atoms with Crippen molar-refractivity contribution < 1.29 is 9.84 Å². The summed E-state index contributed by atoms with van der Waals surface area (Å²) in [7, 11) is 0. The lowest BCUT2D eigenvalue weighted by atomic mass is 9.94. The summed E-state index contributed by atoms with van der Waals surface area (Å²) in [6, 6.07) is 0.842. The second kappa shape index (κ2) is 5.25. The van der Waals surface area contributed by atoms with Gasteiger partial charge in [-0.15, -0.1) is 0 Å². The lowest BCUT2D eigenvalue weighted by Crippen LogP contribution is -2.53. The average Bonchev–Trinajstić information content (AvgIpc) is 2.17. The topological polar surface area (TPSA) is 58.7 Å². The van der Waals surface area contributed by atoms with Gasteiger partial charge in [0, 0.05) is 24.2 Å². The van der Waals surface area contributed by atoms with Gasteiger partial charge in [-0.3, -0.25) is 4.90 Å². The van der Waals surface area contributed by atoms with Crippen LogP contribution in [-0.2, 0) is 4.74 Å². The van der Waals surface area contributed by atoms with Crippen molar-refractivity contribution in [3.63, 3.8) is 0 Å². The summed E-state index contributed by atoms with van der Waals surface area (Å²) < 4.78 is 5.40. The number of morpholine rings is 1. The molecule has 3 atom stereocenters. The Balaban J connectivity index is 2.48. The molecule has 3 N–H and O–H groups in total. The maximum absolute atomic E-state index is 9.14. The van der Waals surface area contributed by atoms with E-state index in [9.17, 15) is 0 Å². The third-order valence-corrected chi connectivity index (χ3v) is 3.11. The normalized spacial score (nSPS) is 29.8. The molecule has 0 aromatic heterocycles. The Labute approximate surface area is 92.4 Å². The molecular formula is C11H24N2O2. The number of aliphatic hydroxyl groups excluding tert-OH is 1. The quantitative estimate of drug-likeness (QED) is 0.704. The van der Waals surface area contributed by atoms with Crippen molar-refractivity contribution in [2.75, 3.05) is 26.4 Å². The van der Waals surface area contributed by atoms with Crippen molar-refractivity contribution in [1.82, 2.24) is 4.90 Å². The summed E-state index contributed by atoms with van der Waals surface area (Å²) in [6.45, 7) is 8.83. The maximum atomic E-state index is 9.14. The lowest BCUT2D eigenvalue weighted by molar-refractivity contribution is -0.0251. The highest BCUT2D eigenvalue weighted by Gasteiger charge is 2.28. The van der Waals surface area contributed by atoms with E-state index in [0.717, 1.165) is 26.2 Å². The second-order valence-electron chi connectivity index (χ2n) is 5.03. The predicted octanol–water partition coefficient (Wildman–Crippen LogP) is 0.195. The molecule has 15 heavy (non-hydrogen) atoms. The summed E-state index contributed by atoms with van der Waals surface area (Å²) in [5, 5.41) is 9.14. The van der Waals surface area contributed by atoms with E-state index in [1.54, 1.807) is 0 Å². The smallest absolute Gasteiger partial charge is 0.0619 e. The number of hydrogen-bond acceptors (Lipinski definition) is 4. The first-order valence-corrected chi connectivity index (χ1v) is 5.69. The van der Waals surface area contributed by atoms with Gasteiger partial charge in [0.25, 0.3) is 0 Å². The Bertz CT molecular complexity index is 197. The van der Waals surface area contributed by atoms with E-state index in [4.69, 9.17) is 15.6 Å². The number of rotatable bonds is 4. The van der Waals surface area contributed by atoms with Gasteiger partial charge in [0.2, 0.25) is 0 Å².